The molecular weight excluding hydrogens is 324 g/mol. The number of carboxylic acid groups (broad SMARTS) is 1. The molecule has 1 aromatic carbocycles. The van der Waals surface area contributed by atoms with Crippen LogP contribution in [0.3, 0.4) is 0 Å². The van der Waals surface area contributed by atoms with Crippen LogP contribution in [0.1, 0.15) is 42.5 Å². The average Bonchev–Trinajstić information content (AvgIpc) is 2.49. The third kappa shape index (κ3) is 4.42. The quantitative estimate of drug-likeness (QED) is 0.735. The Balaban J connectivity index is 1.95. The molecule has 0 bridgehead atoms. The molecule has 1 amide bonds. The number of amides is 1. The standard InChI is InChI=1S/C15H17ClN2O3S/c16-12-7-6-10(8-11(12)14(20)21)17-15(22)18-13(19)9-4-2-1-3-5-9/h6-9H,1-5H2,(H,20,21)(H2,17,18,19,22). The van der Waals surface area contributed by atoms with Crippen molar-refractivity contribution in [3.05, 3.63) is 28.8 Å². The topological polar surface area (TPSA) is 78.4 Å². The molecule has 1 aliphatic rings. The summed E-state index contributed by atoms with van der Waals surface area (Å²) in [6.07, 6.45) is 5.08. The number of hydrogen-bond donors (Lipinski definition) is 3. The number of nitrogens with one attached hydrogen (secondary N) is 2. The van der Waals surface area contributed by atoms with E-state index in [1.54, 1.807) is 6.07 Å². The van der Waals surface area contributed by atoms with Gasteiger partial charge in [-0.2, -0.15) is 0 Å². The number of carboxylic acids is 1. The molecule has 0 unspecified atom stereocenters. The van der Waals surface area contributed by atoms with E-state index in [2.05, 4.69) is 10.6 Å². The van der Waals surface area contributed by atoms with Crippen LogP contribution in [0.2, 0.25) is 5.02 Å². The van der Waals surface area contributed by atoms with Gasteiger partial charge in [-0.3, -0.25) is 4.79 Å². The summed E-state index contributed by atoms with van der Waals surface area (Å²) in [6, 6.07) is 4.45. The Kier molecular flexibility index (Phi) is 5.74. The van der Waals surface area contributed by atoms with E-state index in [0.29, 0.717) is 5.69 Å². The first-order valence-corrected chi connectivity index (χ1v) is 7.90. The van der Waals surface area contributed by atoms with Gasteiger partial charge in [-0.25, -0.2) is 4.79 Å². The third-order valence-corrected chi connectivity index (χ3v) is 4.20. The van der Waals surface area contributed by atoms with Gasteiger partial charge in [0.2, 0.25) is 5.91 Å². The highest BCUT2D eigenvalue weighted by atomic mass is 35.5. The number of carbonyl (C=O) groups is 2. The molecule has 0 aliphatic heterocycles. The van der Waals surface area contributed by atoms with Gasteiger partial charge < -0.3 is 15.7 Å². The van der Waals surface area contributed by atoms with Crippen molar-refractivity contribution >= 4 is 46.5 Å². The number of halogens is 1. The number of hydrogen-bond acceptors (Lipinski definition) is 3. The van der Waals surface area contributed by atoms with Crippen LogP contribution in [0.15, 0.2) is 18.2 Å². The highest BCUT2D eigenvalue weighted by molar-refractivity contribution is 7.80. The van der Waals surface area contributed by atoms with E-state index in [4.69, 9.17) is 28.9 Å². The Morgan fingerprint density at radius 2 is 1.91 bits per heavy atom. The molecular formula is C15H17ClN2O3S. The SMILES string of the molecule is O=C(O)c1cc(NC(=S)NC(=O)C2CCCCC2)ccc1Cl. The summed E-state index contributed by atoms with van der Waals surface area (Å²) in [4.78, 5) is 23.1. The van der Waals surface area contributed by atoms with E-state index in [1.165, 1.54) is 18.6 Å². The zero-order chi connectivity index (χ0) is 16.1. The summed E-state index contributed by atoms with van der Waals surface area (Å²) in [7, 11) is 0. The molecule has 0 atom stereocenters. The Hall–Kier alpha value is -1.66. The molecule has 0 heterocycles. The first-order valence-electron chi connectivity index (χ1n) is 7.12. The Bertz CT molecular complexity index is 600. The molecule has 2 rings (SSSR count). The van der Waals surface area contributed by atoms with Crippen molar-refractivity contribution in [2.24, 2.45) is 5.92 Å². The summed E-state index contributed by atoms with van der Waals surface area (Å²) in [5.74, 6) is -1.19. The summed E-state index contributed by atoms with van der Waals surface area (Å²) < 4.78 is 0. The summed E-state index contributed by atoms with van der Waals surface area (Å²) in [5, 5.41) is 14.8. The molecule has 118 valence electrons. The number of thiocarbonyl (C=S) groups is 1. The predicted molar refractivity (Wildman–Crippen MR) is 89.3 cm³/mol. The summed E-state index contributed by atoms with van der Waals surface area (Å²) >= 11 is 10.9. The molecule has 1 aromatic rings. The number of aromatic carboxylic acids is 1. The van der Waals surface area contributed by atoms with Gasteiger partial charge in [0.15, 0.2) is 5.11 Å². The van der Waals surface area contributed by atoms with Crippen LogP contribution in [0.5, 0.6) is 0 Å². The number of benzene rings is 1. The fourth-order valence-corrected chi connectivity index (χ4v) is 2.92. The minimum absolute atomic E-state index is 0.00768. The van der Waals surface area contributed by atoms with Gasteiger partial charge in [-0.05, 0) is 43.3 Å². The fraction of sp³-hybridized carbons (Fsp3) is 0.400. The number of anilines is 1. The molecule has 0 aromatic heterocycles. The molecule has 5 nitrogen and oxygen atoms in total. The lowest BCUT2D eigenvalue weighted by Gasteiger charge is -2.21. The van der Waals surface area contributed by atoms with Crippen molar-refractivity contribution in [1.82, 2.24) is 5.32 Å². The van der Waals surface area contributed by atoms with Crippen LogP contribution in [0, 0.1) is 5.92 Å². The van der Waals surface area contributed by atoms with Crippen LogP contribution < -0.4 is 10.6 Å². The van der Waals surface area contributed by atoms with E-state index in [9.17, 15) is 9.59 Å². The second kappa shape index (κ2) is 7.56. The Labute approximate surface area is 139 Å². The van der Waals surface area contributed by atoms with E-state index in [-0.39, 0.29) is 27.5 Å². The molecule has 3 N–H and O–H groups in total. The van der Waals surface area contributed by atoms with Crippen molar-refractivity contribution in [1.29, 1.82) is 0 Å². The van der Waals surface area contributed by atoms with E-state index in [0.717, 1.165) is 25.7 Å². The molecule has 22 heavy (non-hydrogen) atoms. The molecule has 1 saturated carbocycles. The lowest BCUT2D eigenvalue weighted by Crippen LogP contribution is -2.39. The maximum absolute atomic E-state index is 12.1. The zero-order valence-corrected chi connectivity index (χ0v) is 13.5. The maximum atomic E-state index is 12.1. The Morgan fingerprint density at radius 3 is 2.55 bits per heavy atom. The highest BCUT2D eigenvalue weighted by Gasteiger charge is 2.21. The zero-order valence-electron chi connectivity index (χ0n) is 11.9. The monoisotopic (exact) mass is 340 g/mol. The lowest BCUT2D eigenvalue weighted by atomic mass is 9.89. The van der Waals surface area contributed by atoms with Gasteiger partial charge in [-0.1, -0.05) is 30.9 Å². The van der Waals surface area contributed by atoms with Gasteiger partial charge in [0.25, 0.3) is 0 Å². The fourth-order valence-electron chi connectivity index (χ4n) is 2.51. The first-order chi connectivity index (χ1) is 10.5. The minimum Gasteiger partial charge on any atom is -0.478 e. The smallest absolute Gasteiger partial charge is 0.337 e. The van der Waals surface area contributed by atoms with Gasteiger partial charge in [0, 0.05) is 11.6 Å². The van der Waals surface area contributed by atoms with Crippen LogP contribution in [-0.4, -0.2) is 22.1 Å². The predicted octanol–water partition coefficient (Wildman–Crippen LogP) is 3.43. The van der Waals surface area contributed by atoms with Crippen LogP contribution in [-0.2, 0) is 4.79 Å². The molecule has 0 spiro atoms. The second-order valence-electron chi connectivity index (χ2n) is 5.28. The second-order valence-corrected chi connectivity index (χ2v) is 6.09. The number of carbonyl (C=O) groups excluding carboxylic acids is 1. The molecule has 1 aliphatic carbocycles. The van der Waals surface area contributed by atoms with Crippen molar-refractivity contribution in [2.75, 3.05) is 5.32 Å². The summed E-state index contributed by atoms with van der Waals surface area (Å²) in [5.41, 5.74) is 0.448. The molecule has 1 fully saturated rings. The van der Waals surface area contributed by atoms with E-state index >= 15 is 0 Å². The molecule has 0 saturated heterocycles. The van der Waals surface area contributed by atoms with Crippen LogP contribution in [0.25, 0.3) is 0 Å². The molecule has 0 radical (unpaired) electrons. The normalized spacial score (nSPS) is 15.1. The van der Waals surface area contributed by atoms with Crippen molar-refractivity contribution in [3.63, 3.8) is 0 Å². The maximum Gasteiger partial charge on any atom is 0.337 e. The largest absolute Gasteiger partial charge is 0.478 e. The average molecular weight is 341 g/mol. The van der Waals surface area contributed by atoms with Crippen molar-refractivity contribution < 1.29 is 14.7 Å². The van der Waals surface area contributed by atoms with Gasteiger partial charge in [-0.15, -0.1) is 0 Å². The minimum atomic E-state index is -1.12. The molecule has 7 heteroatoms. The van der Waals surface area contributed by atoms with Crippen molar-refractivity contribution in [2.45, 2.75) is 32.1 Å². The lowest BCUT2D eigenvalue weighted by molar-refractivity contribution is -0.124. The first kappa shape index (κ1) is 16.7. The highest BCUT2D eigenvalue weighted by Crippen LogP contribution is 2.24. The van der Waals surface area contributed by atoms with Crippen molar-refractivity contribution in [3.8, 4) is 0 Å². The van der Waals surface area contributed by atoms with E-state index < -0.39 is 5.97 Å². The number of rotatable bonds is 3. The van der Waals surface area contributed by atoms with Gasteiger partial charge >= 0.3 is 5.97 Å². The van der Waals surface area contributed by atoms with Crippen LogP contribution >= 0.6 is 23.8 Å². The summed E-state index contributed by atoms with van der Waals surface area (Å²) in [6.45, 7) is 0. The van der Waals surface area contributed by atoms with Gasteiger partial charge in [0.05, 0.1) is 10.6 Å². The third-order valence-electron chi connectivity index (χ3n) is 3.67. The van der Waals surface area contributed by atoms with Gasteiger partial charge in [0.1, 0.15) is 0 Å². The van der Waals surface area contributed by atoms with Crippen LogP contribution in [0.4, 0.5) is 5.69 Å². The Morgan fingerprint density at radius 1 is 1.23 bits per heavy atom. The van der Waals surface area contributed by atoms with E-state index in [1.807, 2.05) is 0 Å².